The van der Waals surface area contributed by atoms with Crippen LogP contribution in [0.3, 0.4) is 0 Å². The monoisotopic (exact) mass is 298 g/mol. The van der Waals surface area contributed by atoms with Crippen molar-refractivity contribution in [2.75, 3.05) is 27.2 Å². The minimum absolute atomic E-state index is 0.0900. The normalized spacial score (nSPS) is 16.9. The summed E-state index contributed by atoms with van der Waals surface area (Å²) in [5.41, 5.74) is -0.901. The average molecular weight is 298 g/mol. The first kappa shape index (κ1) is 19.2. The number of carbonyl (C=O) groups excluding carboxylic acids is 1. The van der Waals surface area contributed by atoms with E-state index < -0.39 is 24.1 Å². The molecule has 0 bridgehead atoms. The van der Waals surface area contributed by atoms with Crippen LogP contribution in [0.4, 0.5) is 13.2 Å². The minimum atomic E-state index is -4.17. The van der Waals surface area contributed by atoms with E-state index in [0.717, 1.165) is 0 Å². The standard InChI is InChI=1S/C13H25F3N2O2/c1-6-20-11(19)12(3,17-4)9-10(2)18(5)8-7-13(14,15)16/h10,17H,6-9H2,1-5H3. The van der Waals surface area contributed by atoms with Gasteiger partial charge in [0.2, 0.25) is 0 Å². The maximum Gasteiger partial charge on any atom is 0.390 e. The average Bonchev–Trinajstić information content (AvgIpc) is 2.34. The molecule has 0 heterocycles. The molecule has 0 rings (SSSR count). The molecule has 0 aliphatic carbocycles. The van der Waals surface area contributed by atoms with Gasteiger partial charge in [0, 0.05) is 12.6 Å². The largest absolute Gasteiger partial charge is 0.465 e. The molecule has 20 heavy (non-hydrogen) atoms. The third-order valence-electron chi connectivity index (χ3n) is 3.48. The molecule has 0 saturated carbocycles. The van der Waals surface area contributed by atoms with Gasteiger partial charge in [-0.15, -0.1) is 0 Å². The number of carbonyl (C=O) groups is 1. The first-order valence-electron chi connectivity index (χ1n) is 6.69. The van der Waals surface area contributed by atoms with Crippen LogP contribution in [0.5, 0.6) is 0 Å². The molecule has 0 radical (unpaired) electrons. The quantitative estimate of drug-likeness (QED) is 0.698. The molecule has 4 nitrogen and oxygen atoms in total. The molecule has 0 spiro atoms. The summed E-state index contributed by atoms with van der Waals surface area (Å²) in [6.07, 6.45) is -4.65. The number of esters is 1. The van der Waals surface area contributed by atoms with Crippen LogP contribution in [0.15, 0.2) is 0 Å². The molecule has 2 atom stereocenters. The zero-order valence-corrected chi connectivity index (χ0v) is 12.8. The molecular weight excluding hydrogens is 273 g/mol. The Balaban J connectivity index is 4.53. The topological polar surface area (TPSA) is 41.6 Å². The van der Waals surface area contributed by atoms with Gasteiger partial charge in [-0.1, -0.05) is 0 Å². The number of nitrogens with zero attached hydrogens (tertiary/aromatic N) is 1. The first-order valence-corrected chi connectivity index (χ1v) is 6.69. The van der Waals surface area contributed by atoms with Crippen molar-refractivity contribution in [3.05, 3.63) is 0 Å². The van der Waals surface area contributed by atoms with Gasteiger partial charge in [-0.2, -0.15) is 13.2 Å². The molecule has 0 aromatic heterocycles. The number of halogens is 3. The maximum atomic E-state index is 12.2. The smallest absolute Gasteiger partial charge is 0.390 e. The Bertz CT molecular complexity index is 310. The lowest BCUT2D eigenvalue weighted by atomic mass is 9.93. The summed E-state index contributed by atoms with van der Waals surface area (Å²) >= 11 is 0. The Morgan fingerprint density at radius 1 is 1.40 bits per heavy atom. The highest BCUT2D eigenvalue weighted by atomic mass is 19.4. The van der Waals surface area contributed by atoms with Crippen molar-refractivity contribution in [2.24, 2.45) is 0 Å². The van der Waals surface area contributed by atoms with E-state index in [0.29, 0.717) is 6.42 Å². The summed E-state index contributed by atoms with van der Waals surface area (Å²) in [7, 11) is 3.26. The summed E-state index contributed by atoms with van der Waals surface area (Å²) in [6, 6.07) is -0.181. The second kappa shape index (κ2) is 7.83. The lowest BCUT2D eigenvalue weighted by Gasteiger charge is -2.33. The van der Waals surface area contributed by atoms with Crippen molar-refractivity contribution < 1.29 is 22.7 Å². The highest BCUT2D eigenvalue weighted by Gasteiger charge is 2.36. The number of rotatable bonds is 8. The lowest BCUT2D eigenvalue weighted by Crippen LogP contribution is -2.52. The van der Waals surface area contributed by atoms with Crippen molar-refractivity contribution in [1.29, 1.82) is 0 Å². The second-order valence-electron chi connectivity index (χ2n) is 5.20. The predicted octanol–water partition coefficient (Wildman–Crippen LogP) is 2.19. The van der Waals surface area contributed by atoms with E-state index in [9.17, 15) is 18.0 Å². The third kappa shape index (κ3) is 6.56. The van der Waals surface area contributed by atoms with Crippen LogP contribution in [0, 0.1) is 0 Å². The van der Waals surface area contributed by atoms with Crippen LogP contribution in [0.1, 0.15) is 33.6 Å². The summed E-state index contributed by atoms with van der Waals surface area (Å²) in [6.45, 7) is 5.39. The Morgan fingerprint density at radius 2 is 1.95 bits per heavy atom. The SMILES string of the molecule is CCOC(=O)C(C)(CC(C)N(C)CCC(F)(F)F)NC. The van der Waals surface area contributed by atoms with Gasteiger partial charge in [0.05, 0.1) is 13.0 Å². The fraction of sp³-hybridized carbons (Fsp3) is 0.923. The number of hydrogen-bond donors (Lipinski definition) is 1. The first-order chi connectivity index (χ1) is 9.05. The molecule has 0 aliphatic rings. The number of alkyl halides is 3. The fourth-order valence-electron chi connectivity index (χ4n) is 1.85. The minimum Gasteiger partial charge on any atom is -0.465 e. The maximum absolute atomic E-state index is 12.2. The molecule has 0 saturated heterocycles. The van der Waals surface area contributed by atoms with E-state index in [4.69, 9.17) is 4.74 Å². The van der Waals surface area contributed by atoms with Gasteiger partial charge >= 0.3 is 12.1 Å². The van der Waals surface area contributed by atoms with E-state index in [1.807, 2.05) is 0 Å². The number of ether oxygens (including phenoxy) is 1. The summed E-state index contributed by atoms with van der Waals surface area (Å²) < 4.78 is 41.6. The van der Waals surface area contributed by atoms with Gasteiger partial charge in [-0.05, 0) is 41.3 Å². The Labute approximate surface area is 118 Å². The van der Waals surface area contributed by atoms with Crippen molar-refractivity contribution in [1.82, 2.24) is 10.2 Å². The Kier molecular flexibility index (Phi) is 7.51. The Hall–Kier alpha value is -0.820. The molecule has 0 fully saturated rings. The molecule has 2 unspecified atom stereocenters. The zero-order chi connectivity index (χ0) is 16.0. The van der Waals surface area contributed by atoms with Crippen LogP contribution in [0.2, 0.25) is 0 Å². The molecule has 0 aliphatic heterocycles. The molecule has 120 valence electrons. The van der Waals surface area contributed by atoms with Gasteiger partial charge in [0.15, 0.2) is 0 Å². The van der Waals surface area contributed by atoms with Gasteiger partial charge in [-0.3, -0.25) is 4.79 Å². The molecule has 0 aromatic carbocycles. The highest BCUT2D eigenvalue weighted by Crippen LogP contribution is 2.22. The number of likely N-dealkylation sites (N-methyl/N-ethyl adjacent to an activating group) is 1. The van der Waals surface area contributed by atoms with E-state index in [2.05, 4.69) is 5.32 Å². The van der Waals surface area contributed by atoms with Crippen LogP contribution >= 0.6 is 0 Å². The zero-order valence-electron chi connectivity index (χ0n) is 12.8. The molecule has 1 N–H and O–H groups in total. The van der Waals surface area contributed by atoms with Crippen LogP contribution in [-0.2, 0) is 9.53 Å². The predicted molar refractivity (Wildman–Crippen MR) is 71.5 cm³/mol. The van der Waals surface area contributed by atoms with Crippen molar-refractivity contribution in [3.8, 4) is 0 Å². The summed E-state index contributed by atoms with van der Waals surface area (Å²) in [4.78, 5) is 13.5. The third-order valence-corrected chi connectivity index (χ3v) is 3.48. The van der Waals surface area contributed by atoms with E-state index in [1.54, 1.807) is 39.8 Å². The van der Waals surface area contributed by atoms with Gasteiger partial charge in [0.25, 0.3) is 0 Å². The second-order valence-corrected chi connectivity index (χ2v) is 5.20. The van der Waals surface area contributed by atoms with E-state index >= 15 is 0 Å². The van der Waals surface area contributed by atoms with Crippen molar-refractivity contribution in [3.63, 3.8) is 0 Å². The van der Waals surface area contributed by atoms with Crippen LogP contribution < -0.4 is 5.32 Å². The lowest BCUT2D eigenvalue weighted by molar-refractivity contribution is -0.151. The molecule has 0 aromatic rings. The van der Waals surface area contributed by atoms with Crippen LogP contribution in [0.25, 0.3) is 0 Å². The Morgan fingerprint density at radius 3 is 2.35 bits per heavy atom. The molecular formula is C13H25F3N2O2. The van der Waals surface area contributed by atoms with Gasteiger partial charge in [-0.25, -0.2) is 0 Å². The van der Waals surface area contributed by atoms with E-state index in [1.165, 1.54) is 0 Å². The molecule has 0 amide bonds. The van der Waals surface area contributed by atoms with Crippen molar-refractivity contribution in [2.45, 2.75) is 51.4 Å². The highest BCUT2D eigenvalue weighted by molar-refractivity contribution is 5.80. The summed E-state index contributed by atoms with van der Waals surface area (Å²) in [5.74, 6) is -0.390. The van der Waals surface area contributed by atoms with E-state index in [-0.39, 0.29) is 19.2 Å². The summed E-state index contributed by atoms with van der Waals surface area (Å²) in [5, 5.41) is 2.90. The number of nitrogens with one attached hydrogen (secondary N) is 1. The number of hydrogen-bond acceptors (Lipinski definition) is 4. The van der Waals surface area contributed by atoms with Crippen LogP contribution in [-0.4, -0.2) is 55.9 Å². The van der Waals surface area contributed by atoms with Gasteiger partial charge < -0.3 is 15.0 Å². The molecule has 7 heteroatoms. The van der Waals surface area contributed by atoms with Crippen molar-refractivity contribution >= 4 is 5.97 Å². The van der Waals surface area contributed by atoms with Gasteiger partial charge in [0.1, 0.15) is 5.54 Å². The fourth-order valence-corrected chi connectivity index (χ4v) is 1.85.